The van der Waals surface area contributed by atoms with Crippen LogP contribution in [0.3, 0.4) is 0 Å². The van der Waals surface area contributed by atoms with Crippen LogP contribution in [0.25, 0.3) is 0 Å². The Balaban J connectivity index is 1.39. The lowest BCUT2D eigenvalue weighted by molar-refractivity contribution is 0.232. The molecule has 1 N–H and O–H groups in total. The minimum absolute atomic E-state index is 0.743. The second-order valence-corrected chi connectivity index (χ2v) is 7.40. The van der Waals surface area contributed by atoms with E-state index in [9.17, 15) is 0 Å². The maximum absolute atomic E-state index is 5.94. The summed E-state index contributed by atoms with van der Waals surface area (Å²) >= 11 is 5.94. The zero-order chi connectivity index (χ0) is 13.9. The predicted octanol–water partition coefficient (Wildman–Crippen LogP) is 5.00. The smallest absolute Gasteiger partial charge is 0.0406 e. The first-order valence-corrected chi connectivity index (χ1v) is 8.57. The molecule has 0 spiro atoms. The Hall–Kier alpha value is -0.530. The Morgan fingerprint density at radius 3 is 2.55 bits per heavy atom. The maximum Gasteiger partial charge on any atom is 0.0406 e. The molecule has 2 aliphatic rings. The van der Waals surface area contributed by atoms with Crippen molar-refractivity contribution in [2.45, 2.75) is 57.4 Å². The van der Waals surface area contributed by atoms with Gasteiger partial charge in [-0.2, -0.15) is 0 Å². The fourth-order valence-electron chi connectivity index (χ4n) is 3.87. The van der Waals surface area contributed by atoms with E-state index in [1.54, 1.807) is 0 Å². The Morgan fingerprint density at radius 1 is 1.10 bits per heavy atom. The molecule has 2 aliphatic carbocycles. The maximum atomic E-state index is 5.94. The van der Waals surface area contributed by atoms with Gasteiger partial charge in [-0.05, 0) is 67.7 Å². The quantitative estimate of drug-likeness (QED) is 0.823. The first kappa shape index (κ1) is 14.4. The molecule has 1 aromatic rings. The van der Waals surface area contributed by atoms with Crippen LogP contribution in [-0.4, -0.2) is 12.6 Å². The molecular formula is C18H26ClN. The topological polar surface area (TPSA) is 12.0 Å². The molecule has 1 nitrogen and oxygen atoms in total. The van der Waals surface area contributed by atoms with E-state index in [1.165, 1.54) is 50.6 Å². The van der Waals surface area contributed by atoms with E-state index in [0.717, 1.165) is 28.8 Å². The van der Waals surface area contributed by atoms with E-state index < -0.39 is 0 Å². The van der Waals surface area contributed by atoms with E-state index in [0.29, 0.717) is 0 Å². The zero-order valence-corrected chi connectivity index (χ0v) is 13.2. The van der Waals surface area contributed by atoms with Crippen LogP contribution in [0.4, 0.5) is 0 Å². The average Bonchev–Trinajstić information content (AvgIpc) is 2.39. The standard InChI is InChI=1S/C18H26ClN/c1-13-3-2-4-14(9-13)12-20-18-10-16(11-18)15-5-7-17(19)8-6-15/h5-8,13-14,16,18,20H,2-4,9-12H2,1H3. The summed E-state index contributed by atoms with van der Waals surface area (Å²) in [6.07, 6.45) is 8.34. The predicted molar refractivity (Wildman–Crippen MR) is 86.3 cm³/mol. The highest BCUT2D eigenvalue weighted by Gasteiger charge is 2.30. The van der Waals surface area contributed by atoms with Gasteiger partial charge in [0.15, 0.2) is 0 Å². The van der Waals surface area contributed by atoms with E-state index in [4.69, 9.17) is 11.6 Å². The highest BCUT2D eigenvalue weighted by Crippen LogP contribution is 2.37. The molecular weight excluding hydrogens is 266 g/mol. The number of hydrogen-bond acceptors (Lipinski definition) is 1. The van der Waals surface area contributed by atoms with Crippen LogP contribution in [0.15, 0.2) is 24.3 Å². The van der Waals surface area contributed by atoms with Gasteiger partial charge in [-0.3, -0.25) is 0 Å². The first-order chi connectivity index (χ1) is 9.70. The van der Waals surface area contributed by atoms with E-state index in [2.05, 4.69) is 24.4 Å². The minimum atomic E-state index is 0.743. The molecule has 1 aromatic carbocycles. The molecule has 2 saturated carbocycles. The van der Waals surface area contributed by atoms with Crippen molar-refractivity contribution in [3.8, 4) is 0 Å². The van der Waals surface area contributed by atoms with Crippen molar-refractivity contribution < 1.29 is 0 Å². The van der Waals surface area contributed by atoms with Gasteiger partial charge < -0.3 is 5.32 Å². The van der Waals surface area contributed by atoms with Crippen molar-refractivity contribution in [3.63, 3.8) is 0 Å². The molecule has 2 fully saturated rings. The minimum Gasteiger partial charge on any atom is -0.314 e. The summed E-state index contributed by atoms with van der Waals surface area (Å²) in [6, 6.07) is 9.15. The number of benzene rings is 1. The van der Waals surface area contributed by atoms with Gasteiger partial charge in [0, 0.05) is 11.1 Å². The van der Waals surface area contributed by atoms with Crippen molar-refractivity contribution >= 4 is 11.6 Å². The van der Waals surface area contributed by atoms with Crippen LogP contribution in [0, 0.1) is 11.8 Å². The average molecular weight is 292 g/mol. The van der Waals surface area contributed by atoms with Crippen molar-refractivity contribution in [1.29, 1.82) is 0 Å². The first-order valence-electron chi connectivity index (χ1n) is 8.19. The molecule has 0 amide bonds. The molecule has 0 aliphatic heterocycles. The fraction of sp³-hybridized carbons (Fsp3) is 0.667. The lowest BCUT2D eigenvalue weighted by atomic mass is 9.75. The molecule has 0 heterocycles. The molecule has 2 heteroatoms. The number of halogens is 1. The van der Waals surface area contributed by atoms with Crippen LogP contribution in [0.1, 0.15) is 56.9 Å². The van der Waals surface area contributed by atoms with Gasteiger partial charge >= 0.3 is 0 Å². The third kappa shape index (κ3) is 3.56. The van der Waals surface area contributed by atoms with E-state index in [1.807, 2.05) is 12.1 Å². The molecule has 20 heavy (non-hydrogen) atoms. The van der Waals surface area contributed by atoms with Gasteiger partial charge in [-0.15, -0.1) is 0 Å². The van der Waals surface area contributed by atoms with Gasteiger partial charge in [0.1, 0.15) is 0 Å². The molecule has 2 unspecified atom stereocenters. The molecule has 0 saturated heterocycles. The van der Waals surface area contributed by atoms with Crippen LogP contribution in [-0.2, 0) is 0 Å². The summed E-state index contributed by atoms with van der Waals surface area (Å²) in [4.78, 5) is 0. The highest BCUT2D eigenvalue weighted by atomic mass is 35.5. The summed E-state index contributed by atoms with van der Waals surface area (Å²) in [6.45, 7) is 3.65. The van der Waals surface area contributed by atoms with Crippen LogP contribution < -0.4 is 5.32 Å². The van der Waals surface area contributed by atoms with Gasteiger partial charge in [-0.1, -0.05) is 43.5 Å². The monoisotopic (exact) mass is 291 g/mol. The molecule has 2 atom stereocenters. The summed E-state index contributed by atoms with van der Waals surface area (Å²) in [5.74, 6) is 2.61. The lowest BCUT2D eigenvalue weighted by Crippen LogP contribution is -2.42. The molecule has 110 valence electrons. The summed E-state index contributed by atoms with van der Waals surface area (Å²) in [5.41, 5.74) is 1.46. The number of hydrogen-bond donors (Lipinski definition) is 1. The van der Waals surface area contributed by atoms with Crippen LogP contribution in [0.2, 0.25) is 5.02 Å². The molecule has 0 aromatic heterocycles. The molecule has 3 rings (SSSR count). The number of nitrogens with one attached hydrogen (secondary N) is 1. The Bertz CT molecular complexity index is 422. The Labute approximate surface area is 128 Å². The normalized spacial score (nSPS) is 33.7. The van der Waals surface area contributed by atoms with Crippen LogP contribution in [0.5, 0.6) is 0 Å². The van der Waals surface area contributed by atoms with Gasteiger partial charge in [0.25, 0.3) is 0 Å². The van der Waals surface area contributed by atoms with Crippen molar-refractivity contribution in [2.75, 3.05) is 6.54 Å². The Morgan fingerprint density at radius 2 is 1.85 bits per heavy atom. The zero-order valence-electron chi connectivity index (χ0n) is 12.4. The summed E-state index contributed by atoms with van der Waals surface area (Å²) in [7, 11) is 0. The summed E-state index contributed by atoms with van der Waals surface area (Å²) < 4.78 is 0. The van der Waals surface area contributed by atoms with Gasteiger partial charge in [-0.25, -0.2) is 0 Å². The van der Waals surface area contributed by atoms with E-state index in [-0.39, 0.29) is 0 Å². The van der Waals surface area contributed by atoms with E-state index >= 15 is 0 Å². The van der Waals surface area contributed by atoms with Crippen molar-refractivity contribution in [2.24, 2.45) is 11.8 Å². The third-order valence-electron chi connectivity index (χ3n) is 5.22. The van der Waals surface area contributed by atoms with Crippen molar-refractivity contribution in [1.82, 2.24) is 5.32 Å². The van der Waals surface area contributed by atoms with Gasteiger partial charge in [0.2, 0.25) is 0 Å². The Kier molecular flexibility index (Phi) is 4.68. The summed E-state index contributed by atoms with van der Waals surface area (Å²) in [5, 5.41) is 4.64. The highest BCUT2D eigenvalue weighted by molar-refractivity contribution is 6.30. The second kappa shape index (κ2) is 6.49. The van der Waals surface area contributed by atoms with Gasteiger partial charge in [0.05, 0.1) is 0 Å². The molecule has 0 radical (unpaired) electrons. The molecule has 0 bridgehead atoms. The largest absolute Gasteiger partial charge is 0.314 e. The fourth-order valence-corrected chi connectivity index (χ4v) is 4.00. The number of rotatable bonds is 4. The van der Waals surface area contributed by atoms with Crippen LogP contribution >= 0.6 is 11.6 Å². The SMILES string of the molecule is CC1CCCC(CNC2CC(c3ccc(Cl)cc3)C2)C1. The lowest BCUT2D eigenvalue weighted by Gasteiger charge is -2.38. The van der Waals surface area contributed by atoms with Crippen molar-refractivity contribution in [3.05, 3.63) is 34.9 Å². The second-order valence-electron chi connectivity index (χ2n) is 6.96. The third-order valence-corrected chi connectivity index (χ3v) is 5.47.